The van der Waals surface area contributed by atoms with E-state index in [-0.39, 0.29) is 28.7 Å². The highest BCUT2D eigenvalue weighted by Gasteiger charge is 2.32. The van der Waals surface area contributed by atoms with E-state index in [1.54, 1.807) is 12.1 Å². The van der Waals surface area contributed by atoms with Gasteiger partial charge in [0.15, 0.2) is 0 Å². The van der Waals surface area contributed by atoms with E-state index < -0.39 is 27.6 Å². The predicted molar refractivity (Wildman–Crippen MR) is 124 cm³/mol. The number of anilines is 1. The van der Waals surface area contributed by atoms with Crippen LogP contribution in [0.4, 0.5) is 14.5 Å². The van der Waals surface area contributed by atoms with Gasteiger partial charge < -0.3 is 10.3 Å². The topological polar surface area (TPSA) is 86.3 Å². The van der Waals surface area contributed by atoms with Gasteiger partial charge in [0.2, 0.25) is 5.96 Å². The highest BCUT2D eigenvalue weighted by molar-refractivity contribution is 7.90. The molecule has 5 rings (SSSR count). The maximum atomic E-state index is 15.1. The van der Waals surface area contributed by atoms with E-state index in [0.29, 0.717) is 5.56 Å². The van der Waals surface area contributed by atoms with Gasteiger partial charge in [-0.15, -0.1) is 0 Å². The fourth-order valence-electron chi connectivity index (χ4n) is 4.16. The summed E-state index contributed by atoms with van der Waals surface area (Å²) in [6, 6.07) is 15.9. The Morgan fingerprint density at radius 2 is 1.85 bits per heavy atom. The molecule has 33 heavy (non-hydrogen) atoms. The van der Waals surface area contributed by atoms with Crippen molar-refractivity contribution >= 4 is 32.6 Å². The number of fused-ring (bicyclic) bond motifs is 2. The summed E-state index contributed by atoms with van der Waals surface area (Å²) in [5, 5.41) is 3.88. The summed E-state index contributed by atoms with van der Waals surface area (Å²) >= 11 is 0. The van der Waals surface area contributed by atoms with Crippen molar-refractivity contribution in [2.45, 2.75) is 24.3 Å². The first-order valence-corrected chi connectivity index (χ1v) is 11.8. The van der Waals surface area contributed by atoms with Gasteiger partial charge in [-0.2, -0.15) is 0 Å². The molecule has 2 heterocycles. The van der Waals surface area contributed by atoms with Crippen molar-refractivity contribution in [1.29, 1.82) is 0 Å². The number of H-pyrrole nitrogens is 1. The van der Waals surface area contributed by atoms with Gasteiger partial charge in [-0.3, -0.25) is 0 Å². The van der Waals surface area contributed by atoms with Gasteiger partial charge in [0, 0.05) is 28.6 Å². The number of nitrogens with zero attached hydrogens (tertiary/aromatic N) is 1. The molecule has 6 nitrogen and oxygen atoms in total. The van der Waals surface area contributed by atoms with Crippen LogP contribution >= 0.6 is 0 Å². The van der Waals surface area contributed by atoms with Crippen LogP contribution in [-0.4, -0.2) is 19.4 Å². The number of hydrogen-bond acceptors (Lipinski definition) is 3. The van der Waals surface area contributed by atoms with E-state index in [0.717, 1.165) is 22.5 Å². The summed E-state index contributed by atoms with van der Waals surface area (Å²) < 4.78 is 56.8. The lowest BCUT2D eigenvalue weighted by atomic mass is 9.91. The van der Waals surface area contributed by atoms with Gasteiger partial charge in [0.25, 0.3) is 10.0 Å². The van der Waals surface area contributed by atoms with E-state index in [2.05, 4.69) is 20.0 Å². The highest BCUT2D eigenvalue weighted by Crippen LogP contribution is 2.40. The second kappa shape index (κ2) is 8.00. The molecule has 0 spiro atoms. The summed E-state index contributed by atoms with van der Waals surface area (Å²) in [6.07, 6.45) is 1.81. The fraction of sp³-hybridized carbons (Fsp3) is 0.125. The third-order valence-electron chi connectivity index (χ3n) is 5.75. The Bertz CT molecular complexity index is 1510. The van der Waals surface area contributed by atoms with Crippen LogP contribution in [0.15, 0.2) is 76.7 Å². The first-order chi connectivity index (χ1) is 15.8. The Morgan fingerprint density at radius 3 is 2.67 bits per heavy atom. The quantitative estimate of drug-likeness (QED) is 0.402. The van der Waals surface area contributed by atoms with Crippen LogP contribution in [0.25, 0.3) is 10.9 Å². The molecule has 3 aromatic carbocycles. The Hall–Kier alpha value is -3.72. The first kappa shape index (κ1) is 21.1. The molecule has 0 amide bonds. The monoisotopic (exact) mass is 466 g/mol. The molecule has 3 N–H and O–H groups in total. The molecular weight excluding hydrogens is 446 g/mol. The third kappa shape index (κ3) is 3.84. The van der Waals surface area contributed by atoms with E-state index in [1.165, 1.54) is 18.2 Å². The fourth-order valence-corrected chi connectivity index (χ4v) is 5.32. The number of aromatic amines is 1. The zero-order valence-electron chi connectivity index (χ0n) is 17.6. The van der Waals surface area contributed by atoms with Gasteiger partial charge in [-0.25, -0.2) is 26.9 Å². The minimum absolute atomic E-state index is 0.0423. The molecule has 0 radical (unpaired) electrons. The Balaban J connectivity index is 1.58. The van der Waals surface area contributed by atoms with E-state index >= 15 is 4.39 Å². The molecule has 1 aliphatic heterocycles. The lowest BCUT2D eigenvalue weighted by Crippen LogP contribution is -2.41. The minimum atomic E-state index is -3.98. The molecule has 9 heteroatoms. The molecule has 1 aromatic heterocycles. The van der Waals surface area contributed by atoms with Crippen LogP contribution in [0, 0.1) is 11.6 Å². The second-order valence-corrected chi connectivity index (χ2v) is 9.52. The molecule has 0 saturated heterocycles. The summed E-state index contributed by atoms with van der Waals surface area (Å²) in [7, 11) is -3.98. The van der Waals surface area contributed by atoms with Crippen molar-refractivity contribution < 1.29 is 17.2 Å². The zero-order valence-corrected chi connectivity index (χ0v) is 18.4. The molecular formula is C24H20F2N4O2S. The Morgan fingerprint density at radius 1 is 1.03 bits per heavy atom. The van der Waals surface area contributed by atoms with Crippen molar-refractivity contribution in [3.8, 4) is 0 Å². The highest BCUT2D eigenvalue weighted by atomic mass is 32.2. The molecule has 0 saturated carbocycles. The normalized spacial score (nSPS) is 16.8. The van der Waals surface area contributed by atoms with Crippen LogP contribution in [0.2, 0.25) is 0 Å². The predicted octanol–water partition coefficient (Wildman–Crippen LogP) is 4.86. The number of rotatable bonds is 4. The molecule has 0 unspecified atom stereocenters. The van der Waals surface area contributed by atoms with Crippen molar-refractivity contribution in [2.75, 3.05) is 5.32 Å². The van der Waals surface area contributed by atoms with E-state index in [4.69, 9.17) is 0 Å². The smallest absolute Gasteiger partial charge is 0.266 e. The number of hydrogen-bond donors (Lipinski definition) is 3. The Labute approximate surface area is 189 Å². The number of nitrogens with one attached hydrogen (secondary N) is 3. The molecule has 1 atom stereocenters. The first-order valence-electron chi connectivity index (χ1n) is 10.3. The van der Waals surface area contributed by atoms with Gasteiger partial charge in [0.1, 0.15) is 16.5 Å². The van der Waals surface area contributed by atoms with Gasteiger partial charge in [0.05, 0.1) is 12.2 Å². The maximum absolute atomic E-state index is 15.1. The average molecular weight is 467 g/mol. The van der Waals surface area contributed by atoms with Crippen molar-refractivity contribution in [1.82, 2.24) is 9.71 Å². The number of halogens is 2. The third-order valence-corrected chi connectivity index (χ3v) is 7.13. The number of guanidine groups is 1. The van der Waals surface area contributed by atoms with Crippen molar-refractivity contribution in [3.05, 3.63) is 95.2 Å². The van der Waals surface area contributed by atoms with Gasteiger partial charge in [-0.05, 0) is 41.5 Å². The molecule has 4 aromatic rings. The largest absolute Gasteiger partial charge is 0.361 e. The van der Waals surface area contributed by atoms with Gasteiger partial charge >= 0.3 is 0 Å². The Kier molecular flexibility index (Phi) is 5.13. The SMILES string of the molecule is C[C@H](c1c(F)ccc2c1NC(=NCc1cccc(F)c1)NS2(=O)=O)c1c[nH]c2ccccc12. The molecule has 0 fully saturated rings. The standard InChI is InChI=1S/C24H20F2N4O2S/c1-14(18-13-27-20-8-3-2-7-17(18)20)22-19(26)9-10-21-23(22)29-24(30-33(21,31)32)28-12-15-5-4-6-16(25)11-15/h2-11,13-14,27H,12H2,1H3,(H2,28,29,30)/t14-/m0/s1. The number of sulfonamides is 1. The maximum Gasteiger partial charge on any atom is 0.266 e. The number of aliphatic imine (C=N–C) groups is 1. The van der Waals surface area contributed by atoms with Gasteiger partial charge in [-0.1, -0.05) is 37.3 Å². The van der Waals surface area contributed by atoms with E-state index in [9.17, 15) is 12.8 Å². The summed E-state index contributed by atoms with van der Waals surface area (Å²) in [5.41, 5.74) is 2.68. The van der Waals surface area contributed by atoms with Crippen LogP contribution < -0.4 is 10.0 Å². The van der Waals surface area contributed by atoms with Crippen LogP contribution in [0.5, 0.6) is 0 Å². The lowest BCUT2D eigenvalue weighted by molar-refractivity contribution is 0.586. The van der Waals surface area contributed by atoms with Crippen LogP contribution in [-0.2, 0) is 16.6 Å². The summed E-state index contributed by atoms with van der Waals surface area (Å²) in [6.45, 7) is 1.87. The molecule has 0 bridgehead atoms. The number of para-hydroxylation sites is 1. The zero-order chi connectivity index (χ0) is 23.2. The lowest BCUT2D eigenvalue weighted by Gasteiger charge is -2.26. The molecule has 0 aliphatic carbocycles. The minimum Gasteiger partial charge on any atom is -0.361 e. The van der Waals surface area contributed by atoms with Crippen molar-refractivity contribution in [3.63, 3.8) is 0 Å². The van der Waals surface area contributed by atoms with E-state index in [1.807, 2.05) is 37.4 Å². The summed E-state index contributed by atoms with van der Waals surface area (Å²) in [5.74, 6) is -1.45. The van der Waals surface area contributed by atoms with Crippen LogP contribution in [0.3, 0.4) is 0 Å². The number of benzene rings is 3. The van der Waals surface area contributed by atoms with Crippen molar-refractivity contribution in [2.24, 2.45) is 4.99 Å². The molecule has 168 valence electrons. The van der Waals surface area contributed by atoms with Crippen LogP contribution in [0.1, 0.15) is 29.5 Å². The second-order valence-electron chi connectivity index (χ2n) is 7.87. The number of aromatic nitrogens is 1. The molecule has 1 aliphatic rings. The summed E-state index contributed by atoms with van der Waals surface area (Å²) in [4.78, 5) is 7.37. The average Bonchev–Trinajstić information content (AvgIpc) is 3.21.